The Morgan fingerprint density at radius 1 is 1.19 bits per heavy atom. The van der Waals surface area contributed by atoms with Crippen LogP contribution in [-0.4, -0.2) is 23.0 Å². The van der Waals surface area contributed by atoms with Crippen molar-refractivity contribution >= 4 is 23.7 Å². The molecule has 7 heteroatoms. The van der Waals surface area contributed by atoms with E-state index in [2.05, 4.69) is 15.3 Å². The minimum Gasteiger partial charge on any atom is -0.496 e. The van der Waals surface area contributed by atoms with Gasteiger partial charge in [-0.2, -0.15) is 0 Å². The molecule has 0 aliphatic carbocycles. The fourth-order valence-electron chi connectivity index (χ4n) is 3.34. The maximum Gasteiger partial charge on any atom is 0.256 e. The number of aromatic nitrogens is 2. The molecule has 0 aliphatic heterocycles. The average Bonchev–Trinajstić information content (AvgIpc) is 2.73. The number of carbonyl (C=O) groups excluding carboxylic acids is 1. The molecule has 0 saturated heterocycles. The van der Waals surface area contributed by atoms with E-state index in [0.29, 0.717) is 22.7 Å². The average molecular weight is 435 g/mol. The molecule has 3 rings (SSSR count). The maximum atomic E-state index is 13.9. The summed E-state index contributed by atoms with van der Waals surface area (Å²) in [7, 11) is 1.59. The first-order valence-corrected chi connectivity index (χ1v) is 10.1. The second-order valence-electron chi connectivity index (χ2n) is 8.44. The number of ether oxygens (including phenoxy) is 1. The quantitative estimate of drug-likeness (QED) is 0.590. The summed E-state index contributed by atoms with van der Waals surface area (Å²) < 4.78 is 19.6. The number of halogens is 1. The zero-order chi connectivity index (χ0) is 23.5. The predicted octanol–water partition coefficient (Wildman–Crippen LogP) is 5.01. The first kappa shape index (κ1) is 22.9. The zero-order valence-corrected chi connectivity index (χ0v) is 18.7. The van der Waals surface area contributed by atoms with Crippen molar-refractivity contribution in [3.8, 4) is 16.9 Å². The van der Waals surface area contributed by atoms with Crippen LogP contribution in [0.15, 0.2) is 47.5 Å². The number of anilines is 1. The van der Waals surface area contributed by atoms with Crippen LogP contribution >= 0.6 is 0 Å². The lowest BCUT2D eigenvalue weighted by atomic mass is 9.83. The van der Waals surface area contributed by atoms with E-state index in [4.69, 9.17) is 4.74 Å². The third-order valence-corrected chi connectivity index (χ3v) is 4.85. The number of pyridine rings is 2. The van der Waals surface area contributed by atoms with E-state index >= 15 is 0 Å². The molecule has 0 atom stereocenters. The zero-order valence-electron chi connectivity index (χ0n) is 18.7. The Labute approximate surface area is 186 Å². The number of carbonyl (C=O) groups is 1. The highest BCUT2D eigenvalue weighted by atomic mass is 19.1. The van der Waals surface area contributed by atoms with Gasteiger partial charge in [0, 0.05) is 29.8 Å². The van der Waals surface area contributed by atoms with Crippen molar-refractivity contribution in [3.05, 3.63) is 75.7 Å². The highest BCUT2D eigenvalue weighted by Crippen LogP contribution is 2.38. The molecule has 0 saturated carbocycles. The Balaban J connectivity index is 2.11. The Morgan fingerprint density at radius 3 is 2.53 bits per heavy atom. The van der Waals surface area contributed by atoms with E-state index in [-0.39, 0.29) is 22.4 Å². The molecular weight excluding hydrogens is 409 g/mol. The van der Waals surface area contributed by atoms with Gasteiger partial charge in [0.25, 0.3) is 5.56 Å². The summed E-state index contributed by atoms with van der Waals surface area (Å²) in [5.41, 5.74) is 3.06. The van der Waals surface area contributed by atoms with Crippen LogP contribution in [-0.2, 0) is 10.2 Å². The van der Waals surface area contributed by atoms with Gasteiger partial charge in [-0.25, -0.2) is 4.39 Å². The van der Waals surface area contributed by atoms with Gasteiger partial charge in [0.2, 0.25) is 5.91 Å². The highest BCUT2D eigenvalue weighted by Gasteiger charge is 2.23. The van der Waals surface area contributed by atoms with Crippen LogP contribution in [0.4, 0.5) is 10.1 Å². The lowest BCUT2D eigenvalue weighted by molar-refractivity contribution is -0.114. The molecule has 32 heavy (non-hydrogen) atoms. The normalized spacial score (nSPS) is 11.6. The number of aromatic amines is 1. The summed E-state index contributed by atoms with van der Waals surface area (Å²) in [6.07, 6.45) is 6.26. The van der Waals surface area contributed by atoms with Gasteiger partial charge in [0.1, 0.15) is 11.6 Å². The Morgan fingerprint density at radius 2 is 1.94 bits per heavy atom. The number of H-pyrrole nitrogens is 1. The number of hydrogen-bond acceptors (Lipinski definition) is 4. The predicted molar refractivity (Wildman–Crippen MR) is 125 cm³/mol. The molecule has 0 fully saturated rings. The third kappa shape index (κ3) is 5.29. The number of benzene rings is 1. The first-order valence-electron chi connectivity index (χ1n) is 10.1. The van der Waals surface area contributed by atoms with Crippen molar-refractivity contribution in [1.29, 1.82) is 0 Å². The smallest absolute Gasteiger partial charge is 0.256 e. The van der Waals surface area contributed by atoms with E-state index < -0.39 is 5.82 Å². The lowest BCUT2D eigenvalue weighted by Gasteiger charge is -2.24. The van der Waals surface area contributed by atoms with Gasteiger partial charge in [-0.15, -0.1) is 0 Å². The van der Waals surface area contributed by atoms with Gasteiger partial charge in [-0.05, 0) is 53.5 Å². The number of nitrogens with one attached hydrogen (secondary N) is 2. The number of methoxy groups -OCH3 is 1. The summed E-state index contributed by atoms with van der Waals surface area (Å²) in [5.74, 6) is -0.0211. The second-order valence-corrected chi connectivity index (χ2v) is 8.44. The summed E-state index contributed by atoms with van der Waals surface area (Å²) in [4.78, 5) is 30.3. The summed E-state index contributed by atoms with van der Waals surface area (Å²) in [6.45, 7) is 7.56. The fourth-order valence-corrected chi connectivity index (χ4v) is 3.34. The lowest BCUT2D eigenvalue weighted by Crippen LogP contribution is -2.15. The van der Waals surface area contributed by atoms with Crippen LogP contribution in [0.1, 0.15) is 44.5 Å². The van der Waals surface area contributed by atoms with Gasteiger partial charge in [-0.1, -0.05) is 20.8 Å². The first-order chi connectivity index (χ1) is 15.1. The Bertz CT molecular complexity index is 1220. The van der Waals surface area contributed by atoms with Crippen molar-refractivity contribution in [3.63, 3.8) is 0 Å². The van der Waals surface area contributed by atoms with Crippen LogP contribution in [0.2, 0.25) is 0 Å². The molecule has 2 aromatic heterocycles. The Hall–Kier alpha value is -3.74. The van der Waals surface area contributed by atoms with Gasteiger partial charge >= 0.3 is 0 Å². The maximum absolute atomic E-state index is 13.9. The van der Waals surface area contributed by atoms with Crippen molar-refractivity contribution in [1.82, 2.24) is 9.97 Å². The molecule has 166 valence electrons. The molecule has 1 amide bonds. The Kier molecular flexibility index (Phi) is 6.58. The van der Waals surface area contributed by atoms with E-state index in [9.17, 15) is 14.0 Å². The molecule has 0 aliphatic rings. The minimum atomic E-state index is -0.520. The van der Waals surface area contributed by atoms with Gasteiger partial charge in [0.15, 0.2) is 0 Å². The fraction of sp³-hybridized carbons (Fsp3) is 0.240. The van der Waals surface area contributed by atoms with Gasteiger partial charge in [-0.3, -0.25) is 14.6 Å². The number of amides is 1. The summed E-state index contributed by atoms with van der Waals surface area (Å²) in [6, 6.07) is 8.42. The topological polar surface area (TPSA) is 84.1 Å². The molecule has 6 nitrogen and oxygen atoms in total. The number of nitrogens with zero attached hydrogens (tertiary/aromatic N) is 1. The summed E-state index contributed by atoms with van der Waals surface area (Å²) in [5, 5.41) is 2.67. The number of rotatable bonds is 5. The SMILES string of the molecule is COc1c(/C=C/c2ccc(NC(C)=O)cn2)cc(-c2cc(F)c[nH]c2=O)cc1C(C)(C)C. The highest BCUT2D eigenvalue weighted by molar-refractivity contribution is 5.88. The third-order valence-electron chi connectivity index (χ3n) is 4.85. The molecule has 0 bridgehead atoms. The van der Waals surface area contributed by atoms with E-state index in [1.807, 2.05) is 32.9 Å². The molecule has 3 aromatic rings. The van der Waals surface area contributed by atoms with Gasteiger partial charge < -0.3 is 15.0 Å². The monoisotopic (exact) mass is 435 g/mol. The largest absolute Gasteiger partial charge is 0.496 e. The minimum absolute atomic E-state index is 0.168. The van der Waals surface area contributed by atoms with Crippen LogP contribution in [0, 0.1) is 5.82 Å². The summed E-state index contributed by atoms with van der Waals surface area (Å²) >= 11 is 0. The molecule has 0 spiro atoms. The van der Waals surface area contributed by atoms with Crippen LogP contribution in [0.3, 0.4) is 0 Å². The van der Waals surface area contributed by atoms with Crippen molar-refractivity contribution in [2.24, 2.45) is 0 Å². The van der Waals surface area contributed by atoms with Crippen LogP contribution in [0.25, 0.3) is 23.3 Å². The number of hydrogen-bond donors (Lipinski definition) is 2. The van der Waals surface area contributed by atoms with Gasteiger partial charge in [0.05, 0.1) is 24.7 Å². The molecule has 2 heterocycles. The van der Waals surface area contributed by atoms with E-state index in [1.165, 1.54) is 13.0 Å². The molecule has 0 unspecified atom stereocenters. The van der Waals surface area contributed by atoms with Crippen LogP contribution in [0.5, 0.6) is 5.75 Å². The molecule has 1 aromatic carbocycles. The second kappa shape index (κ2) is 9.18. The van der Waals surface area contributed by atoms with Crippen molar-refractivity contribution < 1.29 is 13.9 Å². The molecule has 0 radical (unpaired) electrons. The van der Waals surface area contributed by atoms with E-state index in [0.717, 1.165) is 17.3 Å². The van der Waals surface area contributed by atoms with Crippen molar-refractivity contribution in [2.75, 3.05) is 12.4 Å². The molecule has 2 N–H and O–H groups in total. The van der Waals surface area contributed by atoms with Crippen LogP contribution < -0.4 is 15.6 Å². The molecular formula is C25H26FN3O3. The van der Waals surface area contributed by atoms with E-state index in [1.54, 1.807) is 37.6 Å². The van der Waals surface area contributed by atoms with Crippen molar-refractivity contribution in [2.45, 2.75) is 33.1 Å². The standard InChI is InChI=1S/C25H26FN3O3/c1-15(30)29-20-9-8-19(27-14-20)7-6-16-10-17(21-12-18(26)13-28-24(21)31)11-22(23(16)32-5)25(2,3)4/h6-14H,1-5H3,(H,28,31)(H,29,30)/b7-6+.